The molecular formula is C41H29N3. The van der Waals surface area contributed by atoms with E-state index in [-0.39, 0.29) is 6.04 Å². The van der Waals surface area contributed by atoms with E-state index < -0.39 is 5.41 Å². The highest BCUT2D eigenvalue weighted by Gasteiger charge is 2.46. The van der Waals surface area contributed by atoms with Gasteiger partial charge in [0.1, 0.15) is 6.07 Å². The van der Waals surface area contributed by atoms with Gasteiger partial charge in [-0.15, -0.1) is 0 Å². The van der Waals surface area contributed by atoms with E-state index >= 15 is 0 Å². The van der Waals surface area contributed by atoms with Crippen molar-refractivity contribution in [3.05, 3.63) is 191 Å². The molecule has 0 bridgehead atoms. The summed E-state index contributed by atoms with van der Waals surface area (Å²) in [5, 5.41) is 12.0. The summed E-state index contributed by atoms with van der Waals surface area (Å²) in [6.07, 6.45) is 9.90. The fourth-order valence-electron chi connectivity index (χ4n) is 7.39. The van der Waals surface area contributed by atoms with Crippen LogP contribution in [-0.4, -0.2) is 16.9 Å². The molecule has 1 aromatic heterocycles. The van der Waals surface area contributed by atoms with E-state index in [4.69, 9.17) is 0 Å². The van der Waals surface area contributed by atoms with E-state index in [0.29, 0.717) is 5.56 Å². The number of fused-ring (bicyclic) bond motifs is 5. The largest absolute Gasteiger partial charge is 0.364 e. The predicted octanol–water partition coefficient (Wildman–Crippen LogP) is 9.05. The molecule has 0 amide bonds. The molecule has 0 saturated carbocycles. The predicted molar refractivity (Wildman–Crippen MR) is 178 cm³/mol. The van der Waals surface area contributed by atoms with E-state index in [1.54, 1.807) is 6.20 Å². The standard InChI is InChI=1S/C41H29N3/c1-44-38(17-10-18-39(44)31-23-28(25-42)26-43-27-31)30-20-21-36-35(24-30)40-34-16-9-8-11-29(34)19-22-37(40)41(36,32-12-4-2-5-13-32)33-14-6-3-7-15-33/h2-24,26-27,38H,1H3. The Kier molecular flexibility index (Phi) is 6.03. The molecule has 0 saturated heterocycles. The smallest absolute Gasteiger partial charge is 0.101 e. The maximum absolute atomic E-state index is 9.47. The summed E-state index contributed by atoms with van der Waals surface area (Å²) < 4.78 is 0. The molecule has 3 nitrogen and oxygen atoms in total. The molecule has 1 aliphatic heterocycles. The number of aromatic nitrogens is 1. The molecule has 8 rings (SSSR count). The first-order chi connectivity index (χ1) is 21.7. The van der Waals surface area contributed by atoms with Crippen molar-refractivity contribution < 1.29 is 0 Å². The van der Waals surface area contributed by atoms with Crippen LogP contribution < -0.4 is 0 Å². The lowest BCUT2D eigenvalue weighted by Crippen LogP contribution is -2.28. The van der Waals surface area contributed by atoms with Crippen LogP contribution in [-0.2, 0) is 5.41 Å². The van der Waals surface area contributed by atoms with Crippen molar-refractivity contribution in [3.63, 3.8) is 0 Å². The number of allylic oxidation sites excluding steroid dienone is 2. The zero-order chi connectivity index (χ0) is 29.7. The van der Waals surface area contributed by atoms with Crippen molar-refractivity contribution in [3.8, 4) is 17.2 Å². The molecule has 0 fully saturated rings. The number of benzene rings is 5. The fourth-order valence-corrected chi connectivity index (χ4v) is 7.39. The van der Waals surface area contributed by atoms with Crippen molar-refractivity contribution in [1.29, 1.82) is 5.26 Å². The van der Waals surface area contributed by atoms with Gasteiger partial charge in [0.05, 0.1) is 17.0 Å². The molecule has 3 heteroatoms. The molecule has 2 aliphatic rings. The van der Waals surface area contributed by atoms with Crippen LogP contribution in [0.4, 0.5) is 0 Å². The van der Waals surface area contributed by atoms with Gasteiger partial charge in [0.25, 0.3) is 0 Å². The van der Waals surface area contributed by atoms with Gasteiger partial charge in [-0.25, -0.2) is 0 Å². The number of rotatable bonds is 4. The van der Waals surface area contributed by atoms with Crippen molar-refractivity contribution in [1.82, 2.24) is 9.88 Å². The minimum absolute atomic E-state index is 0.0212. The second kappa shape index (κ2) is 10.2. The summed E-state index contributed by atoms with van der Waals surface area (Å²) in [5.74, 6) is 0. The summed E-state index contributed by atoms with van der Waals surface area (Å²) in [6.45, 7) is 0. The molecule has 1 atom stereocenters. The van der Waals surface area contributed by atoms with E-state index in [0.717, 1.165) is 11.3 Å². The second-order valence-electron chi connectivity index (χ2n) is 11.6. The highest BCUT2D eigenvalue weighted by Crippen LogP contribution is 2.58. The summed E-state index contributed by atoms with van der Waals surface area (Å²) in [7, 11) is 2.12. The number of nitriles is 1. The van der Waals surface area contributed by atoms with Crippen LogP contribution >= 0.6 is 0 Å². The van der Waals surface area contributed by atoms with E-state index in [1.165, 1.54) is 49.7 Å². The lowest BCUT2D eigenvalue weighted by atomic mass is 9.67. The van der Waals surface area contributed by atoms with Gasteiger partial charge in [0.2, 0.25) is 0 Å². The normalized spacial score (nSPS) is 16.2. The second-order valence-corrected chi connectivity index (χ2v) is 11.6. The minimum atomic E-state index is -0.446. The van der Waals surface area contributed by atoms with Gasteiger partial charge in [0.15, 0.2) is 0 Å². The van der Waals surface area contributed by atoms with Crippen LogP contribution in [0, 0.1) is 11.3 Å². The van der Waals surface area contributed by atoms with Crippen LogP contribution in [0.2, 0.25) is 0 Å². The molecule has 0 N–H and O–H groups in total. The lowest BCUT2D eigenvalue weighted by Gasteiger charge is -2.35. The van der Waals surface area contributed by atoms with Gasteiger partial charge < -0.3 is 4.90 Å². The van der Waals surface area contributed by atoms with Crippen LogP contribution in [0.25, 0.3) is 27.6 Å². The molecule has 0 radical (unpaired) electrons. The third-order valence-electron chi connectivity index (χ3n) is 9.31. The quantitative estimate of drug-likeness (QED) is 0.214. The monoisotopic (exact) mass is 563 g/mol. The number of hydrogen-bond acceptors (Lipinski definition) is 3. The number of nitrogens with zero attached hydrogens (tertiary/aromatic N) is 3. The van der Waals surface area contributed by atoms with E-state index in [1.807, 2.05) is 12.3 Å². The zero-order valence-corrected chi connectivity index (χ0v) is 24.4. The molecular weight excluding hydrogens is 534 g/mol. The molecule has 5 aromatic carbocycles. The van der Waals surface area contributed by atoms with Gasteiger partial charge in [-0.3, -0.25) is 4.98 Å². The molecule has 2 heterocycles. The van der Waals surface area contributed by atoms with Crippen LogP contribution in [0.3, 0.4) is 0 Å². The summed E-state index contributed by atoms with van der Waals surface area (Å²) in [6, 6.07) is 46.5. The Labute approximate surface area is 257 Å². The van der Waals surface area contributed by atoms with Crippen LogP contribution in [0.15, 0.2) is 152 Å². The molecule has 44 heavy (non-hydrogen) atoms. The van der Waals surface area contributed by atoms with Crippen molar-refractivity contribution in [2.45, 2.75) is 11.5 Å². The van der Waals surface area contributed by atoms with Gasteiger partial charge in [-0.1, -0.05) is 121 Å². The first-order valence-corrected chi connectivity index (χ1v) is 14.9. The average Bonchev–Trinajstić information content (AvgIpc) is 3.40. The topological polar surface area (TPSA) is 39.9 Å². The van der Waals surface area contributed by atoms with Gasteiger partial charge >= 0.3 is 0 Å². The van der Waals surface area contributed by atoms with Gasteiger partial charge in [-0.2, -0.15) is 5.26 Å². The Morgan fingerprint density at radius 1 is 0.750 bits per heavy atom. The van der Waals surface area contributed by atoms with E-state index in [9.17, 15) is 5.26 Å². The Morgan fingerprint density at radius 3 is 2.20 bits per heavy atom. The maximum Gasteiger partial charge on any atom is 0.101 e. The van der Waals surface area contributed by atoms with Gasteiger partial charge in [0, 0.05) is 30.7 Å². The number of hydrogen-bond donors (Lipinski definition) is 0. The SMILES string of the molecule is CN1C(c2cncc(C#N)c2)=CC=CC1c1ccc2c(c1)-c1c(ccc3ccccc13)C2(c1ccccc1)c1ccccc1. The molecule has 208 valence electrons. The first-order valence-electron chi connectivity index (χ1n) is 14.9. The molecule has 1 unspecified atom stereocenters. The highest BCUT2D eigenvalue weighted by molar-refractivity contribution is 6.04. The van der Waals surface area contributed by atoms with Crippen LogP contribution in [0.5, 0.6) is 0 Å². The molecule has 0 spiro atoms. The van der Waals surface area contributed by atoms with Crippen molar-refractivity contribution in [2.75, 3.05) is 7.05 Å². The Hall–Kier alpha value is -5.72. The Balaban J connectivity index is 1.36. The van der Waals surface area contributed by atoms with Crippen molar-refractivity contribution in [2.24, 2.45) is 0 Å². The van der Waals surface area contributed by atoms with Gasteiger partial charge in [-0.05, 0) is 67.9 Å². The Morgan fingerprint density at radius 2 is 1.45 bits per heavy atom. The molecule has 1 aliphatic carbocycles. The summed E-state index contributed by atoms with van der Waals surface area (Å²) in [4.78, 5) is 6.60. The zero-order valence-electron chi connectivity index (χ0n) is 24.4. The highest BCUT2D eigenvalue weighted by atomic mass is 15.1. The number of pyridine rings is 1. The first kappa shape index (κ1) is 25.9. The van der Waals surface area contributed by atoms with Crippen molar-refractivity contribution >= 4 is 16.5 Å². The van der Waals surface area contributed by atoms with E-state index in [2.05, 4.69) is 156 Å². The summed E-state index contributed by atoms with van der Waals surface area (Å²) in [5.41, 5.74) is 11.0. The third kappa shape index (κ3) is 3.78. The maximum atomic E-state index is 9.47. The molecule has 6 aromatic rings. The lowest BCUT2D eigenvalue weighted by molar-refractivity contribution is 0.412. The minimum Gasteiger partial charge on any atom is -0.364 e. The van der Waals surface area contributed by atoms with Crippen LogP contribution in [0.1, 0.15) is 45.0 Å². The number of likely N-dealkylation sites (N-methyl/N-ethyl adjacent to an activating group) is 1. The fraction of sp³-hybridized carbons (Fsp3) is 0.0732. The summed E-state index contributed by atoms with van der Waals surface area (Å²) >= 11 is 0. The third-order valence-corrected chi connectivity index (χ3v) is 9.31. The Bertz CT molecular complexity index is 2110. The average molecular weight is 564 g/mol.